The zero-order chi connectivity index (χ0) is 8.43. The Balaban J connectivity index is 0.00000121. The lowest BCUT2D eigenvalue weighted by atomic mass is 10.1. The second kappa shape index (κ2) is 4.64. The second-order valence-electron chi connectivity index (χ2n) is 3.07. The summed E-state index contributed by atoms with van der Waals surface area (Å²) in [6, 6.07) is 0. The highest BCUT2D eigenvalue weighted by Crippen LogP contribution is 2.41. The van der Waals surface area contributed by atoms with Crippen molar-refractivity contribution in [1.29, 1.82) is 0 Å². The van der Waals surface area contributed by atoms with Gasteiger partial charge in [0.2, 0.25) is 0 Å². The van der Waals surface area contributed by atoms with E-state index in [4.69, 9.17) is 15.9 Å². The molecule has 1 saturated carbocycles. The van der Waals surface area contributed by atoms with E-state index in [0.29, 0.717) is 12.8 Å². The highest BCUT2D eigenvalue weighted by molar-refractivity contribution is 5.85. The Morgan fingerprint density at radius 1 is 1.67 bits per heavy atom. The minimum absolute atomic E-state index is 0. The van der Waals surface area contributed by atoms with Crippen molar-refractivity contribution in [1.82, 2.24) is 0 Å². The van der Waals surface area contributed by atoms with Gasteiger partial charge in [-0.2, -0.15) is 0 Å². The van der Waals surface area contributed by atoms with Crippen LogP contribution in [0.3, 0.4) is 0 Å². The molecule has 0 heterocycles. The molecule has 0 aromatic rings. The van der Waals surface area contributed by atoms with Gasteiger partial charge in [-0.15, -0.1) is 12.4 Å². The maximum atomic E-state index is 10.3. The lowest BCUT2D eigenvalue weighted by molar-refractivity contribution is -0.138. The fourth-order valence-corrected chi connectivity index (χ4v) is 1.26. The quantitative estimate of drug-likeness (QED) is 0.582. The van der Waals surface area contributed by atoms with Crippen molar-refractivity contribution < 1.29 is 15.0 Å². The number of nitrogens with two attached hydrogens (primary N) is 1. The summed E-state index contributed by atoms with van der Waals surface area (Å²) < 4.78 is 0. The monoisotopic (exact) mass is 195 g/mol. The number of carboxylic acids is 1. The van der Waals surface area contributed by atoms with Crippen LogP contribution in [0.1, 0.15) is 12.8 Å². The van der Waals surface area contributed by atoms with Gasteiger partial charge < -0.3 is 15.9 Å². The third-order valence-electron chi connectivity index (χ3n) is 2.09. The third kappa shape index (κ3) is 2.97. The van der Waals surface area contributed by atoms with Crippen molar-refractivity contribution in [2.75, 3.05) is 6.54 Å². The summed E-state index contributed by atoms with van der Waals surface area (Å²) in [6.07, 6.45) is 0.712. The summed E-state index contributed by atoms with van der Waals surface area (Å²) in [4.78, 5) is 10.3. The Labute approximate surface area is 77.2 Å². The fourth-order valence-electron chi connectivity index (χ4n) is 1.26. The molecule has 1 aliphatic rings. The fraction of sp³-hybridized carbons (Fsp3) is 0.857. The Morgan fingerprint density at radius 3 is 2.58 bits per heavy atom. The second-order valence-corrected chi connectivity index (χ2v) is 3.07. The van der Waals surface area contributed by atoms with Crippen molar-refractivity contribution in [2.24, 2.45) is 17.6 Å². The van der Waals surface area contributed by atoms with Gasteiger partial charge in [-0.25, -0.2) is 0 Å². The third-order valence-corrected chi connectivity index (χ3v) is 2.09. The molecular formula is C7H14ClNO3. The van der Waals surface area contributed by atoms with E-state index < -0.39 is 12.1 Å². The molecule has 0 aliphatic heterocycles. The molecule has 5 heteroatoms. The van der Waals surface area contributed by atoms with Crippen LogP contribution < -0.4 is 5.73 Å². The molecule has 4 nitrogen and oxygen atoms in total. The molecule has 0 aromatic carbocycles. The lowest BCUT2D eigenvalue weighted by Gasteiger charge is -2.04. The summed E-state index contributed by atoms with van der Waals surface area (Å²) in [5.41, 5.74) is 5.17. The molecule has 3 unspecified atom stereocenters. The zero-order valence-electron chi connectivity index (χ0n) is 6.64. The van der Waals surface area contributed by atoms with Crippen molar-refractivity contribution in [3.05, 3.63) is 0 Å². The summed E-state index contributed by atoms with van der Waals surface area (Å²) in [5.74, 6) is -0.818. The highest BCUT2D eigenvalue weighted by Gasteiger charge is 2.43. The Morgan fingerprint density at radius 2 is 2.25 bits per heavy atom. The molecule has 4 N–H and O–H groups in total. The van der Waals surface area contributed by atoms with Gasteiger partial charge in [-0.3, -0.25) is 4.79 Å². The van der Waals surface area contributed by atoms with Crippen molar-refractivity contribution in [2.45, 2.75) is 18.9 Å². The SMILES string of the molecule is Cl.NCC(O)CC1CC1C(=O)O. The van der Waals surface area contributed by atoms with Crippen molar-refractivity contribution in [3.8, 4) is 0 Å². The number of rotatable bonds is 4. The summed E-state index contributed by atoms with van der Waals surface area (Å²) >= 11 is 0. The molecule has 1 rings (SSSR count). The molecule has 12 heavy (non-hydrogen) atoms. The van der Waals surface area contributed by atoms with Crippen LogP contribution in [0.25, 0.3) is 0 Å². The van der Waals surface area contributed by atoms with Crippen LogP contribution in [0.4, 0.5) is 0 Å². The van der Waals surface area contributed by atoms with Crippen LogP contribution in [0.5, 0.6) is 0 Å². The van der Waals surface area contributed by atoms with Gasteiger partial charge in [-0.1, -0.05) is 0 Å². The van der Waals surface area contributed by atoms with Crippen LogP contribution in [-0.4, -0.2) is 28.8 Å². The number of hydrogen-bond acceptors (Lipinski definition) is 3. The van der Waals surface area contributed by atoms with E-state index in [1.807, 2.05) is 0 Å². The molecule has 3 atom stereocenters. The molecule has 0 saturated heterocycles. The number of aliphatic hydroxyl groups is 1. The maximum Gasteiger partial charge on any atom is 0.306 e. The van der Waals surface area contributed by atoms with E-state index >= 15 is 0 Å². The molecule has 0 amide bonds. The van der Waals surface area contributed by atoms with Gasteiger partial charge in [0, 0.05) is 6.54 Å². The number of aliphatic carboxylic acids is 1. The Kier molecular flexibility index (Phi) is 4.52. The average Bonchev–Trinajstić information content (AvgIpc) is 2.67. The Bertz CT molecular complexity index is 165. The zero-order valence-corrected chi connectivity index (χ0v) is 7.46. The smallest absolute Gasteiger partial charge is 0.306 e. The van der Waals surface area contributed by atoms with Crippen LogP contribution in [0.2, 0.25) is 0 Å². The summed E-state index contributed by atoms with van der Waals surface area (Å²) in [6.45, 7) is 0.225. The summed E-state index contributed by atoms with van der Waals surface area (Å²) in [5, 5.41) is 17.5. The minimum Gasteiger partial charge on any atom is -0.481 e. The molecule has 0 radical (unpaired) electrons. The predicted molar refractivity (Wildman–Crippen MR) is 46.2 cm³/mol. The number of hydrogen-bond donors (Lipinski definition) is 3. The standard InChI is InChI=1S/C7H13NO3.ClH/c8-3-5(9)1-4-2-6(4)7(10)11;/h4-6,9H,1-3,8H2,(H,10,11);1H. The van der Waals surface area contributed by atoms with E-state index in [0.717, 1.165) is 0 Å². The van der Waals surface area contributed by atoms with Crippen molar-refractivity contribution in [3.63, 3.8) is 0 Å². The van der Waals surface area contributed by atoms with E-state index in [-0.39, 0.29) is 30.8 Å². The molecule has 0 spiro atoms. The van der Waals surface area contributed by atoms with Crippen LogP contribution >= 0.6 is 12.4 Å². The number of halogens is 1. The van der Waals surface area contributed by atoms with E-state index in [1.165, 1.54) is 0 Å². The van der Waals surface area contributed by atoms with Gasteiger partial charge in [0.1, 0.15) is 0 Å². The first-order valence-electron chi connectivity index (χ1n) is 3.76. The van der Waals surface area contributed by atoms with Crippen LogP contribution in [-0.2, 0) is 4.79 Å². The van der Waals surface area contributed by atoms with Crippen LogP contribution in [0, 0.1) is 11.8 Å². The molecule has 0 bridgehead atoms. The highest BCUT2D eigenvalue weighted by atomic mass is 35.5. The lowest BCUT2D eigenvalue weighted by Crippen LogP contribution is -2.20. The van der Waals surface area contributed by atoms with Crippen molar-refractivity contribution >= 4 is 18.4 Å². The van der Waals surface area contributed by atoms with Gasteiger partial charge in [0.15, 0.2) is 0 Å². The van der Waals surface area contributed by atoms with E-state index in [1.54, 1.807) is 0 Å². The predicted octanol–water partition coefficient (Wildman–Crippen LogP) is -0.161. The number of carbonyl (C=O) groups is 1. The topological polar surface area (TPSA) is 83.5 Å². The minimum atomic E-state index is -0.751. The first-order chi connectivity index (χ1) is 5.15. The van der Waals surface area contributed by atoms with Crippen LogP contribution in [0.15, 0.2) is 0 Å². The van der Waals surface area contributed by atoms with Gasteiger partial charge in [0.25, 0.3) is 0 Å². The number of aliphatic hydroxyl groups excluding tert-OH is 1. The maximum absolute atomic E-state index is 10.3. The first kappa shape index (κ1) is 11.7. The van der Waals surface area contributed by atoms with Gasteiger partial charge in [-0.05, 0) is 18.8 Å². The largest absolute Gasteiger partial charge is 0.481 e. The Hall–Kier alpha value is -0.320. The van der Waals surface area contributed by atoms with E-state index in [2.05, 4.69) is 0 Å². The summed E-state index contributed by atoms with van der Waals surface area (Å²) in [7, 11) is 0. The normalized spacial score (nSPS) is 28.8. The molecule has 1 fully saturated rings. The molecule has 1 aliphatic carbocycles. The van der Waals surface area contributed by atoms with Gasteiger partial charge in [0.05, 0.1) is 12.0 Å². The number of carboxylic acid groups (broad SMARTS) is 1. The first-order valence-corrected chi connectivity index (χ1v) is 3.76. The van der Waals surface area contributed by atoms with Gasteiger partial charge >= 0.3 is 5.97 Å². The molecule has 72 valence electrons. The van der Waals surface area contributed by atoms with E-state index in [9.17, 15) is 4.79 Å². The average molecular weight is 196 g/mol. The molecular weight excluding hydrogens is 182 g/mol. The molecule has 0 aromatic heterocycles.